The van der Waals surface area contributed by atoms with Gasteiger partial charge in [0.15, 0.2) is 0 Å². The van der Waals surface area contributed by atoms with E-state index in [1.165, 1.54) is 33.6 Å². The highest BCUT2D eigenvalue weighted by Gasteiger charge is 2.24. The number of hydrogen-bond acceptors (Lipinski definition) is 3. The molecule has 0 spiro atoms. The first kappa shape index (κ1) is 16.2. The average molecular weight is 330 g/mol. The molecule has 0 radical (unpaired) electrons. The summed E-state index contributed by atoms with van der Waals surface area (Å²) in [6, 6.07) is 13.2. The number of nitrogens with zero attached hydrogens (tertiary/aromatic N) is 3. The van der Waals surface area contributed by atoms with Crippen LogP contribution in [0.25, 0.3) is 0 Å². The van der Waals surface area contributed by atoms with E-state index in [2.05, 4.69) is 73.9 Å². The Hall–Kier alpha value is -1.71. The molecule has 1 heterocycles. The molecule has 0 saturated carbocycles. The first-order chi connectivity index (χ1) is 10.9. The maximum absolute atomic E-state index is 6.42. The molecule has 23 heavy (non-hydrogen) atoms. The Morgan fingerprint density at radius 1 is 0.696 bits per heavy atom. The third-order valence-electron chi connectivity index (χ3n) is 4.38. The van der Waals surface area contributed by atoms with E-state index in [1.54, 1.807) is 0 Å². The van der Waals surface area contributed by atoms with Crippen LogP contribution in [-0.4, -0.2) is 24.4 Å². The Balaban J connectivity index is 1.90. The Labute approximate surface area is 144 Å². The lowest BCUT2D eigenvalue weighted by Crippen LogP contribution is -2.52. The van der Waals surface area contributed by atoms with Crippen LogP contribution in [0.5, 0.6) is 0 Å². The normalized spacial score (nSPS) is 16.0. The predicted octanol–water partition coefficient (Wildman–Crippen LogP) is 4.58. The largest absolute Gasteiger partial charge is 0.339 e. The molecule has 0 atom stereocenters. The summed E-state index contributed by atoms with van der Waals surface area (Å²) in [6.45, 7) is 10.9. The Kier molecular flexibility index (Phi) is 4.51. The number of anilines is 2. The zero-order chi connectivity index (χ0) is 16.6. The van der Waals surface area contributed by atoms with Crippen molar-refractivity contribution >= 4 is 23.2 Å². The number of aryl methyl sites for hydroxylation is 4. The summed E-state index contributed by atoms with van der Waals surface area (Å²) >= 11 is 6.42. The summed E-state index contributed by atoms with van der Waals surface area (Å²) in [7, 11) is 0. The molecule has 0 N–H and O–H groups in total. The van der Waals surface area contributed by atoms with E-state index in [4.69, 9.17) is 11.8 Å². The van der Waals surface area contributed by atoms with E-state index in [0.717, 1.165) is 20.0 Å². The van der Waals surface area contributed by atoms with Crippen LogP contribution >= 0.6 is 11.8 Å². The summed E-state index contributed by atoms with van der Waals surface area (Å²) in [5, 5.41) is 0. The molecular formula is C19H24ClN3. The number of rotatable bonds is 2. The monoisotopic (exact) mass is 329 g/mol. The lowest BCUT2D eigenvalue weighted by molar-refractivity contribution is 0.389. The third-order valence-corrected chi connectivity index (χ3v) is 4.59. The summed E-state index contributed by atoms with van der Waals surface area (Å²) in [4.78, 5) is 4.65. The number of halogens is 1. The second-order valence-corrected chi connectivity index (χ2v) is 7.02. The maximum atomic E-state index is 6.42. The van der Waals surface area contributed by atoms with Crippen LogP contribution < -0.4 is 9.80 Å². The first-order valence-electron chi connectivity index (χ1n) is 7.99. The molecule has 2 aromatic rings. The number of benzene rings is 2. The van der Waals surface area contributed by atoms with Gasteiger partial charge in [-0.15, -0.1) is 0 Å². The van der Waals surface area contributed by atoms with Gasteiger partial charge in [0.1, 0.15) is 0 Å². The molecule has 0 bridgehead atoms. The van der Waals surface area contributed by atoms with Crippen molar-refractivity contribution in [3.63, 3.8) is 0 Å². The zero-order valence-corrected chi connectivity index (χ0v) is 15.1. The second-order valence-electron chi connectivity index (χ2n) is 6.55. The molecular weight excluding hydrogens is 306 g/mol. The van der Waals surface area contributed by atoms with Gasteiger partial charge in [0.2, 0.25) is 0 Å². The van der Waals surface area contributed by atoms with E-state index in [-0.39, 0.29) is 0 Å². The predicted molar refractivity (Wildman–Crippen MR) is 99.1 cm³/mol. The van der Waals surface area contributed by atoms with Crippen molar-refractivity contribution in [2.45, 2.75) is 27.7 Å². The minimum absolute atomic E-state index is 0.729. The topological polar surface area (TPSA) is 9.72 Å². The molecule has 0 unspecified atom stereocenters. The van der Waals surface area contributed by atoms with Gasteiger partial charge in [-0.05, 0) is 62.7 Å². The minimum Gasteiger partial charge on any atom is -0.339 e. The molecule has 0 aliphatic carbocycles. The van der Waals surface area contributed by atoms with Gasteiger partial charge in [-0.25, -0.2) is 0 Å². The van der Waals surface area contributed by atoms with Gasteiger partial charge in [-0.3, -0.25) is 0 Å². The van der Waals surface area contributed by atoms with Gasteiger partial charge in [0, 0.05) is 11.4 Å². The van der Waals surface area contributed by atoms with Crippen molar-refractivity contribution in [3.8, 4) is 0 Å². The van der Waals surface area contributed by atoms with Crippen LogP contribution in [0.2, 0.25) is 0 Å². The zero-order valence-electron chi connectivity index (χ0n) is 14.3. The molecule has 4 heteroatoms. The van der Waals surface area contributed by atoms with Gasteiger partial charge >= 0.3 is 0 Å². The minimum atomic E-state index is 0.729. The smallest absolute Gasteiger partial charge is 0.0929 e. The average Bonchev–Trinajstić information content (AvgIpc) is 2.46. The first-order valence-corrected chi connectivity index (χ1v) is 8.33. The fourth-order valence-corrected chi connectivity index (χ4v) is 3.59. The van der Waals surface area contributed by atoms with E-state index in [0.29, 0.717) is 0 Å². The van der Waals surface area contributed by atoms with Crippen LogP contribution in [-0.2, 0) is 0 Å². The van der Waals surface area contributed by atoms with Gasteiger partial charge in [0.25, 0.3) is 0 Å². The maximum Gasteiger partial charge on any atom is 0.0929 e. The lowest BCUT2D eigenvalue weighted by atomic mass is 10.1. The van der Waals surface area contributed by atoms with Gasteiger partial charge in [-0.1, -0.05) is 35.4 Å². The van der Waals surface area contributed by atoms with Gasteiger partial charge in [-0.2, -0.15) is 4.42 Å². The molecule has 122 valence electrons. The molecule has 0 amide bonds. The van der Waals surface area contributed by atoms with Crippen molar-refractivity contribution in [1.82, 2.24) is 4.42 Å². The number of hydrogen-bond donors (Lipinski definition) is 0. The van der Waals surface area contributed by atoms with Crippen LogP contribution in [0.4, 0.5) is 11.4 Å². The van der Waals surface area contributed by atoms with E-state index in [9.17, 15) is 0 Å². The molecule has 1 aliphatic heterocycles. The van der Waals surface area contributed by atoms with E-state index in [1.807, 2.05) is 4.42 Å². The summed E-state index contributed by atoms with van der Waals surface area (Å²) in [6.07, 6.45) is 0. The van der Waals surface area contributed by atoms with Crippen LogP contribution in [0.15, 0.2) is 36.4 Å². The Morgan fingerprint density at radius 3 is 1.52 bits per heavy atom. The molecule has 3 nitrogen and oxygen atoms in total. The fraction of sp³-hybridized carbons (Fsp3) is 0.368. The lowest BCUT2D eigenvalue weighted by Gasteiger charge is -2.42. The summed E-state index contributed by atoms with van der Waals surface area (Å²) in [5.41, 5.74) is 7.65. The molecule has 3 rings (SSSR count). The highest BCUT2D eigenvalue weighted by Crippen LogP contribution is 2.28. The molecule has 1 aliphatic rings. The van der Waals surface area contributed by atoms with Crippen molar-refractivity contribution in [3.05, 3.63) is 58.7 Å². The van der Waals surface area contributed by atoms with Crippen LogP contribution in [0, 0.1) is 27.7 Å². The Bertz CT molecular complexity index is 654. The fourth-order valence-electron chi connectivity index (χ4n) is 3.34. The van der Waals surface area contributed by atoms with Crippen molar-refractivity contribution in [2.24, 2.45) is 0 Å². The standard InChI is InChI=1S/C19H24ClN3/c1-14-5-7-18(16(3)9-14)21-11-22(13-23(20)12-21)19-8-6-15(2)10-17(19)4/h5-10H,11-13H2,1-4H3. The van der Waals surface area contributed by atoms with Crippen molar-refractivity contribution in [2.75, 3.05) is 29.8 Å². The summed E-state index contributed by atoms with van der Waals surface area (Å²) < 4.78 is 1.84. The molecule has 1 saturated heterocycles. The molecule has 0 aromatic heterocycles. The highest BCUT2D eigenvalue weighted by atomic mass is 35.5. The van der Waals surface area contributed by atoms with Crippen molar-refractivity contribution < 1.29 is 0 Å². The SMILES string of the molecule is Cc1ccc(N2CN(Cl)CN(c3ccc(C)cc3C)C2)c(C)c1. The van der Waals surface area contributed by atoms with E-state index < -0.39 is 0 Å². The third kappa shape index (κ3) is 3.46. The van der Waals surface area contributed by atoms with Crippen molar-refractivity contribution in [1.29, 1.82) is 0 Å². The van der Waals surface area contributed by atoms with Gasteiger partial charge in [0.05, 0.1) is 20.0 Å². The Morgan fingerprint density at radius 2 is 1.13 bits per heavy atom. The second kappa shape index (κ2) is 6.42. The van der Waals surface area contributed by atoms with E-state index >= 15 is 0 Å². The van der Waals surface area contributed by atoms with Crippen LogP contribution in [0.3, 0.4) is 0 Å². The van der Waals surface area contributed by atoms with Crippen LogP contribution in [0.1, 0.15) is 22.3 Å². The molecule has 2 aromatic carbocycles. The molecule has 1 fully saturated rings. The quantitative estimate of drug-likeness (QED) is 0.747. The highest BCUT2D eigenvalue weighted by molar-refractivity contribution is 6.13. The van der Waals surface area contributed by atoms with Gasteiger partial charge < -0.3 is 9.80 Å². The summed E-state index contributed by atoms with van der Waals surface area (Å²) in [5.74, 6) is 0.